The number of benzene rings is 2. The zero-order valence-electron chi connectivity index (χ0n) is 15.9. The van der Waals surface area contributed by atoms with E-state index in [9.17, 15) is 4.79 Å². The Morgan fingerprint density at radius 3 is 2.30 bits per heavy atom. The average Bonchev–Trinajstić information content (AvgIpc) is 2.66. The summed E-state index contributed by atoms with van der Waals surface area (Å²) in [7, 11) is 3.12. The van der Waals surface area contributed by atoms with Crippen molar-refractivity contribution in [1.82, 2.24) is 5.32 Å². The summed E-state index contributed by atoms with van der Waals surface area (Å²) in [6.07, 6.45) is 0. The van der Waals surface area contributed by atoms with E-state index in [1.807, 2.05) is 0 Å². The highest BCUT2D eigenvalue weighted by molar-refractivity contribution is 7.80. The lowest BCUT2D eigenvalue weighted by Gasteiger charge is -2.14. The molecule has 0 aromatic heterocycles. The smallest absolute Gasteiger partial charge is 0.257 e. The normalized spacial score (nSPS) is 10.3. The fourth-order valence-corrected chi connectivity index (χ4v) is 2.41. The van der Waals surface area contributed by atoms with E-state index in [2.05, 4.69) is 24.5 Å². The van der Waals surface area contributed by atoms with Crippen LogP contribution in [0.3, 0.4) is 0 Å². The number of anilines is 1. The van der Waals surface area contributed by atoms with Crippen molar-refractivity contribution in [3.63, 3.8) is 0 Å². The first kappa shape index (κ1) is 20.5. The summed E-state index contributed by atoms with van der Waals surface area (Å²) in [5, 5.41) is 5.76. The molecule has 2 aromatic carbocycles. The molecule has 1 amide bonds. The molecule has 0 aliphatic carbocycles. The molecule has 0 radical (unpaired) electrons. The van der Waals surface area contributed by atoms with E-state index in [4.69, 9.17) is 26.4 Å². The van der Waals surface area contributed by atoms with E-state index in [1.165, 1.54) is 0 Å². The second kappa shape index (κ2) is 9.78. The summed E-state index contributed by atoms with van der Waals surface area (Å²) in [5.41, 5.74) is 1.08. The molecule has 0 fully saturated rings. The van der Waals surface area contributed by atoms with Crippen LogP contribution >= 0.6 is 12.2 Å². The number of rotatable bonds is 7. The number of carbonyl (C=O) groups is 1. The van der Waals surface area contributed by atoms with E-state index in [0.29, 0.717) is 35.3 Å². The predicted octanol–water partition coefficient (Wildman–Crippen LogP) is 3.87. The molecular weight excluding hydrogens is 364 g/mol. The number of hydrogen-bond acceptors (Lipinski definition) is 5. The largest absolute Gasteiger partial charge is 0.497 e. The maximum Gasteiger partial charge on any atom is 0.257 e. The minimum atomic E-state index is -0.315. The van der Waals surface area contributed by atoms with Crippen molar-refractivity contribution in [1.29, 1.82) is 0 Å². The van der Waals surface area contributed by atoms with Crippen LogP contribution in [0.5, 0.6) is 17.2 Å². The summed E-state index contributed by atoms with van der Waals surface area (Å²) < 4.78 is 16.1. The van der Waals surface area contributed by atoms with Gasteiger partial charge in [0, 0.05) is 11.6 Å². The zero-order chi connectivity index (χ0) is 19.8. The molecule has 0 spiro atoms. The van der Waals surface area contributed by atoms with Crippen LogP contribution in [0.4, 0.5) is 5.69 Å². The SMILES string of the molecule is COc1ccc(OC)c(NC(=S)NC(=O)c2ccc(OCC(C)C)cc2)c1. The van der Waals surface area contributed by atoms with Crippen LogP contribution in [-0.4, -0.2) is 31.8 Å². The van der Waals surface area contributed by atoms with Crippen molar-refractivity contribution in [2.75, 3.05) is 26.1 Å². The maximum atomic E-state index is 12.4. The van der Waals surface area contributed by atoms with E-state index in [0.717, 1.165) is 5.75 Å². The summed E-state index contributed by atoms with van der Waals surface area (Å²) in [5.74, 6) is 2.07. The molecule has 0 aliphatic heterocycles. The molecule has 144 valence electrons. The lowest BCUT2D eigenvalue weighted by atomic mass is 10.2. The van der Waals surface area contributed by atoms with Gasteiger partial charge in [0.05, 0.1) is 26.5 Å². The van der Waals surface area contributed by atoms with Gasteiger partial charge in [-0.05, 0) is 54.5 Å². The van der Waals surface area contributed by atoms with Crippen molar-refractivity contribution < 1.29 is 19.0 Å². The molecule has 7 heteroatoms. The van der Waals surface area contributed by atoms with Crippen molar-refractivity contribution in [2.24, 2.45) is 5.92 Å². The minimum absolute atomic E-state index is 0.159. The van der Waals surface area contributed by atoms with Gasteiger partial charge in [-0.1, -0.05) is 13.8 Å². The van der Waals surface area contributed by atoms with Gasteiger partial charge in [-0.3, -0.25) is 10.1 Å². The van der Waals surface area contributed by atoms with Crippen molar-refractivity contribution in [3.8, 4) is 17.2 Å². The predicted molar refractivity (Wildman–Crippen MR) is 110 cm³/mol. The monoisotopic (exact) mass is 388 g/mol. The zero-order valence-corrected chi connectivity index (χ0v) is 16.7. The Kier molecular flexibility index (Phi) is 7.43. The Bertz CT molecular complexity index is 791. The molecule has 0 saturated heterocycles. The number of nitrogens with one attached hydrogen (secondary N) is 2. The number of amides is 1. The van der Waals surface area contributed by atoms with Crippen LogP contribution in [0.25, 0.3) is 0 Å². The Labute approximate surface area is 164 Å². The van der Waals surface area contributed by atoms with Crippen LogP contribution < -0.4 is 24.8 Å². The van der Waals surface area contributed by atoms with E-state index in [-0.39, 0.29) is 11.0 Å². The molecule has 0 saturated carbocycles. The first-order chi connectivity index (χ1) is 12.9. The Hall–Kier alpha value is -2.80. The molecule has 0 aliphatic rings. The van der Waals surface area contributed by atoms with Gasteiger partial charge < -0.3 is 19.5 Å². The highest BCUT2D eigenvalue weighted by Gasteiger charge is 2.11. The van der Waals surface area contributed by atoms with Crippen LogP contribution in [0.2, 0.25) is 0 Å². The molecule has 2 rings (SSSR count). The number of thiocarbonyl (C=S) groups is 1. The molecular formula is C20H24N2O4S. The van der Waals surface area contributed by atoms with Crippen LogP contribution in [0.1, 0.15) is 24.2 Å². The van der Waals surface area contributed by atoms with Gasteiger partial charge in [0.15, 0.2) is 5.11 Å². The highest BCUT2D eigenvalue weighted by atomic mass is 32.1. The number of hydrogen-bond donors (Lipinski definition) is 2. The first-order valence-corrected chi connectivity index (χ1v) is 8.91. The molecule has 0 heterocycles. The second-order valence-electron chi connectivity index (χ2n) is 6.20. The molecule has 2 N–H and O–H groups in total. The Balaban J connectivity index is 1.98. The lowest BCUT2D eigenvalue weighted by molar-refractivity contribution is 0.0977. The Morgan fingerprint density at radius 1 is 1.04 bits per heavy atom. The van der Waals surface area contributed by atoms with Gasteiger partial charge in [-0.25, -0.2) is 0 Å². The maximum absolute atomic E-state index is 12.4. The van der Waals surface area contributed by atoms with Crippen molar-refractivity contribution in [2.45, 2.75) is 13.8 Å². The second-order valence-corrected chi connectivity index (χ2v) is 6.61. The van der Waals surface area contributed by atoms with Gasteiger partial charge in [0.1, 0.15) is 17.2 Å². The van der Waals surface area contributed by atoms with Gasteiger partial charge in [0.25, 0.3) is 5.91 Å². The lowest BCUT2D eigenvalue weighted by Crippen LogP contribution is -2.34. The number of methoxy groups -OCH3 is 2. The van der Waals surface area contributed by atoms with Gasteiger partial charge in [-0.15, -0.1) is 0 Å². The molecule has 0 atom stereocenters. The van der Waals surface area contributed by atoms with E-state index in [1.54, 1.807) is 56.7 Å². The van der Waals surface area contributed by atoms with Crippen LogP contribution in [0, 0.1) is 5.92 Å². The summed E-state index contributed by atoms with van der Waals surface area (Å²) in [6.45, 7) is 4.78. The third-order valence-electron chi connectivity index (χ3n) is 3.58. The van der Waals surface area contributed by atoms with Gasteiger partial charge in [0.2, 0.25) is 0 Å². The molecule has 27 heavy (non-hydrogen) atoms. The molecule has 0 bridgehead atoms. The van der Waals surface area contributed by atoms with Crippen molar-refractivity contribution >= 4 is 28.9 Å². The van der Waals surface area contributed by atoms with Gasteiger partial charge >= 0.3 is 0 Å². The highest BCUT2D eigenvalue weighted by Crippen LogP contribution is 2.28. The molecule has 2 aromatic rings. The fraction of sp³-hybridized carbons (Fsp3) is 0.300. The third kappa shape index (κ3) is 6.14. The first-order valence-electron chi connectivity index (χ1n) is 8.50. The quantitative estimate of drug-likeness (QED) is 0.702. The summed E-state index contributed by atoms with van der Waals surface area (Å²) in [4.78, 5) is 12.4. The van der Waals surface area contributed by atoms with Gasteiger partial charge in [-0.2, -0.15) is 0 Å². The van der Waals surface area contributed by atoms with E-state index >= 15 is 0 Å². The Morgan fingerprint density at radius 2 is 1.70 bits per heavy atom. The average molecular weight is 388 g/mol. The van der Waals surface area contributed by atoms with Crippen molar-refractivity contribution in [3.05, 3.63) is 48.0 Å². The standard InChI is InChI=1S/C20H24N2O4S/c1-13(2)12-26-15-7-5-14(6-8-15)19(23)22-20(27)21-17-11-16(24-3)9-10-18(17)25-4/h5-11,13H,12H2,1-4H3,(H2,21,22,23,27). The van der Waals surface area contributed by atoms with E-state index < -0.39 is 0 Å². The minimum Gasteiger partial charge on any atom is -0.497 e. The number of ether oxygens (including phenoxy) is 3. The molecule has 0 unspecified atom stereocenters. The fourth-order valence-electron chi connectivity index (χ4n) is 2.21. The van der Waals surface area contributed by atoms with Crippen LogP contribution in [-0.2, 0) is 0 Å². The topological polar surface area (TPSA) is 68.8 Å². The summed E-state index contributed by atoms with van der Waals surface area (Å²) in [6, 6.07) is 12.2. The summed E-state index contributed by atoms with van der Waals surface area (Å²) >= 11 is 5.23. The van der Waals surface area contributed by atoms with Crippen LogP contribution in [0.15, 0.2) is 42.5 Å². The number of carbonyl (C=O) groups excluding carboxylic acids is 1. The third-order valence-corrected chi connectivity index (χ3v) is 3.79. The molecule has 6 nitrogen and oxygen atoms in total.